The Hall–Kier alpha value is -1.27. The summed E-state index contributed by atoms with van der Waals surface area (Å²) in [6.45, 7) is 7.41. The molecule has 5 heteroatoms. The molecule has 0 radical (unpaired) electrons. The number of thiazole rings is 1. The van der Waals surface area contributed by atoms with Crippen molar-refractivity contribution >= 4 is 11.3 Å². The maximum absolute atomic E-state index is 10.3. The maximum atomic E-state index is 10.3. The Morgan fingerprint density at radius 3 is 2.83 bits per heavy atom. The third kappa shape index (κ3) is 5.11. The van der Waals surface area contributed by atoms with E-state index in [1.165, 1.54) is 4.88 Å². The zero-order chi connectivity index (χ0) is 16.8. The first-order chi connectivity index (χ1) is 11.0. The van der Waals surface area contributed by atoms with Gasteiger partial charge < -0.3 is 15.2 Å². The first-order valence-corrected chi connectivity index (χ1v) is 8.76. The number of nitrogens with zero attached hydrogens (tertiary/aromatic N) is 1. The van der Waals surface area contributed by atoms with E-state index >= 15 is 0 Å². The van der Waals surface area contributed by atoms with Crippen LogP contribution < -0.4 is 5.32 Å². The fraction of sp³-hybridized carbons (Fsp3) is 0.500. The Balaban J connectivity index is 1.94. The van der Waals surface area contributed by atoms with Crippen molar-refractivity contribution in [3.8, 4) is 0 Å². The Labute approximate surface area is 142 Å². The van der Waals surface area contributed by atoms with E-state index in [0.29, 0.717) is 13.2 Å². The lowest BCUT2D eigenvalue weighted by Crippen LogP contribution is -2.24. The third-order valence-electron chi connectivity index (χ3n) is 3.83. The number of benzene rings is 1. The Kier molecular flexibility index (Phi) is 6.72. The molecule has 126 valence electrons. The molecule has 1 heterocycles. The minimum Gasteiger partial charge on any atom is -0.387 e. The summed E-state index contributed by atoms with van der Waals surface area (Å²) < 4.78 is 5.11. The first kappa shape index (κ1) is 18.1. The molecule has 2 unspecified atom stereocenters. The normalized spacial score (nSPS) is 14.0. The van der Waals surface area contributed by atoms with Gasteiger partial charge in [0.1, 0.15) is 0 Å². The van der Waals surface area contributed by atoms with Crippen LogP contribution in [0, 0.1) is 13.8 Å². The standard InChI is InChI=1S/C18H26N2O2S/c1-12-6-5-7-15(10-12)16(21)11-19-13(2)18-14(3)20-17(23-18)8-9-22-4/h5-7,10,13,16,19,21H,8-9,11H2,1-4H3. The monoisotopic (exact) mass is 334 g/mol. The van der Waals surface area contributed by atoms with Crippen molar-refractivity contribution in [1.82, 2.24) is 10.3 Å². The molecular weight excluding hydrogens is 308 g/mol. The number of aliphatic hydroxyl groups is 1. The molecule has 4 nitrogen and oxygen atoms in total. The van der Waals surface area contributed by atoms with E-state index in [1.807, 2.05) is 38.1 Å². The molecule has 0 amide bonds. The van der Waals surface area contributed by atoms with Crippen molar-refractivity contribution < 1.29 is 9.84 Å². The van der Waals surface area contributed by atoms with Crippen LogP contribution in [0.1, 0.15) is 45.8 Å². The summed E-state index contributed by atoms with van der Waals surface area (Å²) in [6, 6.07) is 8.17. The number of ether oxygens (including phenoxy) is 1. The van der Waals surface area contributed by atoms with E-state index in [2.05, 4.69) is 17.2 Å². The van der Waals surface area contributed by atoms with Gasteiger partial charge in [-0.3, -0.25) is 0 Å². The summed E-state index contributed by atoms with van der Waals surface area (Å²) >= 11 is 1.72. The molecule has 23 heavy (non-hydrogen) atoms. The fourth-order valence-corrected chi connectivity index (χ4v) is 3.62. The lowest BCUT2D eigenvalue weighted by Gasteiger charge is -2.17. The van der Waals surface area contributed by atoms with Crippen molar-refractivity contribution in [3.63, 3.8) is 0 Å². The largest absolute Gasteiger partial charge is 0.387 e. The summed E-state index contributed by atoms with van der Waals surface area (Å²) in [4.78, 5) is 5.83. The van der Waals surface area contributed by atoms with Crippen LogP contribution >= 0.6 is 11.3 Å². The molecule has 0 saturated heterocycles. The Bertz CT molecular complexity index is 627. The van der Waals surface area contributed by atoms with Gasteiger partial charge in [-0.1, -0.05) is 29.8 Å². The average molecular weight is 334 g/mol. The predicted molar refractivity (Wildman–Crippen MR) is 95.0 cm³/mol. The smallest absolute Gasteiger partial charge is 0.0954 e. The summed E-state index contributed by atoms with van der Waals surface area (Å²) in [5.74, 6) is 0. The van der Waals surface area contributed by atoms with Crippen LogP contribution in [-0.2, 0) is 11.2 Å². The second kappa shape index (κ2) is 8.55. The van der Waals surface area contributed by atoms with Gasteiger partial charge in [0.05, 0.1) is 23.4 Å². The summed E-state index contributed by atoms with van der Waals surface area (Å²) in [7, 11) is 1.71. The van der Waals surface area contributed by atoms with Crippen LogP contribution in [0.3, 0.4) is 0 Å². The molecule has 2 N–H and O–H groups in total. The number of aromatic nitrogens is 1. The van der Waals surface area contributed by atoms with Crippen molar-refractivity contribution in [3.05, 3.63) is 51.0 Å². The van der Waals surface area contributed by atoms with E-state index in [0.717, 1.165) is 28.2 Å². The first-order valence-electron chi connectivity index (χ1n) is 7.94. The van der Waals surface area contributed by atoms with Crippen molar-refractivity contribution in [2.24, 2.45) is 0 Å². The highest BCUT2D eigenvalue weighted by Crippen LogP contribution is 2.26. The molecule has 0 saturated carbocycles. The SMILES string of the molecule is COCCc1nc(C)c(C(C)NCC(O)c2cccc(C)c2)s1. The number of nitrogens with one attached hydrogen (secondary N) is 1. The van der Waals surface area contributed by atoms with Gasteiger partial charge in [-0.25, -0.2) is 4.98 Å². The molecule has 0 fully saturated rings. The van der Waals surface area contributed by atoms with Gasteiger partial charge in [-0.2, -0.15) is 0 Å². The molecular formula is C18H26N2O2S. The molecule has 0 bridgehead atoms. The van der Waals surface area contributed by atoms with E-state index in [4.69, 9.17) is 4.74 Å². The zero-order valence-corrected chi connectivity index (χ0v) is 15.1. The molecule has 2 aromatic rings. The van der Waals surface area contributed by atoms with Crippen LogP contribution in [-0.4, -0.2) is 30.4 Å². The highest BCUT2D eigenvalue weighted by molar-refractivity contribution is 7.11. The third-order valence-corrected chi connectivity index (χ3v) is 5.23. The van der Waals surface area contributed by atoms with Gasteiger partial charge in [0, 0.05) is 31.0 Å². The van der Waals surface area contributed by atoms with E-state index < -0.39 is 6.10 Å². The fourth-order valence-electron chi connectivity index (χ4n) is 2.54. The second-order valence-corrected chi connectivity index (χ2v) is 6.98. The van der Waals surface area contributed by atoms with Crippen molar-refractivity contribution in [2.75, 3.05) is 20.3 Å². The summed E-state index contributed by atoms with van der Waals surface area (Å²) in [5, 5.41) is 14.9. The topological polar surface area (TPSA) is 54.4 Å². The number of hydrogen-bond donors (Lipinski definition) is 2. The van der Waals surface area contributed by atoms with E-state index in [-0.39, 0.29) is 6.04 Å². The molecule has 0 aliphatic carbocycles. The molecule has 2 atom stereocenters. The Morgan fingerprint density at radius 2 is 2.13 bits per heavy atom. The number of rotatable bonds is 8. The van der Waals surface area contributed by atoms with Gasteiger partial charge >= 0.3 is 0 Å². The van der Waals surface area contributed by atoms with Gasteiger partial charge in [-0.05, 0) is 26.3 Å². The molecule has 0 aliphatic rings. The van der Waals surface area contributed by atoms with Gasteiger partial charge in [0.2, 0.25) is 0 Å². The molecule has 1 aromatic heterocycles. The second-order valence-electron chi connectivity index (χ2n) is 5.86. The summed E-state index contributed by atoms with van der Waals surface area (Å²) in [6.07, 6.45) is 0.347. The highest BCUT2D eigenvalue weighted by Gasteiger charge is 2.16. The maximum Gasteiger partial charge on any atom is 0.0954 e. The Morgan fingerprint density at radius 1 is 1.35 bits per heavy atom. The number of hydrogen-bond acceptors (Lipinski definition) is 5. The number of aliphatic hydroxyl groups excluding tert-OH is 1. The van der Waals surface area contributed by atoms with E-state index in [9.17, 15) is 5.11 Å². The van der Waals surface area contributed by atoms with Crippen LogP contribution in [0.15, 0.2) is 24.3 Å². The minimum atomic E-state index is -0.501. The number of aryl methyl sites for hydroxylation is 2. The lowest BCUT2D eigenvalue weighted by molar-refractivity contribution is 0.171. The molecule has 0 spiro atoms. The van der Waals surface area contributed by atoms with Gasteiger partial charge in [0.15, 0.2) is 0 Å². The minimum absolute atomic E-state index is 0.170. The average Bonchev–Trinajstić information content (AvgIpc) is 2.91. The van der Waals surface area contributed by atoms with Gasteiger partial charge in [-0.15, -0.1) is 11.3 Å². The summed E-state index contributed by atoms with van der Waals surface area (Å²) in [5.41, 5.74) is 3.17. The van der Waals surface area contributed by atoms with Crippen molar-refractivity contribution in [2.45, 2.75) is 39.3 Å². The molecule has 2 rings (SSSR count). The lowest BCUT2D eigenvalue weighted by atomic mass is 10.1. The van der Waals surface area contributed by atoms with Crippen LogP contribution in [0.5, 0.6) is 0 Å². The zero-order valence-electron chi connectivity index (χ0n) is 14.3. The quantitative estimate of drug-likeness (QED) is 0.777. The van der Waals surface area contributed by atoms with Crippen LogP contribution in [0.2, 0.25) is 0 Å². The molecule has 0 aliphatic heterocycles. The molecule has 1 aromatic carbocycles. The predicted octanol–water partition coefficient (Wildman–Crippen LogP) is 3.33. The van der Waals surface area contributed by atoms with Gasteiger partial charge in [0.25, 0.3) is 0 Å². The highest BCUT2D eigenvalue weighted by atomic mass is 32.1. The van der Waals surface area contributed by atoms with Crippen LogP contribution in [0.25, 0.3) is 0 Å². The van der Waals surface area contributed by atoms with Crippen LogP contribution in [0.4, 0.5) is 0 Å². The number of methoxy groups -OCH3 is 1. The van der Waals surface area contributed by atoms with E-state index in [1.54, 1.807) is 18.4 Å². The van der Waals surface area contributed by atoms with Crippen molar-refractivity contribution in [1.29, 1.82) is 0 Å².